The lowest BCUT2D eigenvalue weighted by Crippen LogP contribution is -1.99. The molecule has 0 aromatic carbocycles. The lowest BCUT2D eigenvalue weighted by Gasteiger charge is -2.01. The predicted molar refractivity (Wildman–Crippen MR) is 22.1 cm³/mol. The standard InChI is InChI=1S/C2H4F3O2P/c1-7-8(6)2(3,4)5/h8H,1H3. The monoisotopic (exact) mass is 148 g/mol. The summed E-state index contributed by atoms with van der Waals surface area (Å²) in [6.45, 7) is 0. The smallest absolute Gasteiger partial charge is 0.328 e. The van der Waals surface area contributed by atoms with Crippen molar-refractivity contribution in [3.05, 3.63) is 0 Å². The van der Waals surface area contributed by atoms with E-state index in [1.165, 1.54) is 0 Å². The second kappa shape index (κ2) is 2.51. The fourth-order valence-corrected chi connectivity index (χ4v) is 0.347. The van der Waals surface area contributed by atoms with E-state index >= 15 is 0 Å². The maximum atomic E-state index is 11.1. The van der Waals surface area contributed by atoms with Crippen molar-refractivity contribution in [3.63, 3.8) is 0 Å². The first kappa shape index (κ1) is 7.98. The van der Waals surface area contributed by atoms with Crippen LogP contribution in [0.2, 0.25) is 0 Å². The van der Waals surface area contributed by atoms with Crippen LogP contribution in [0.3, 0.4) is 0 Å². The molecule has 0 N–H and O–H groups in total. The van der Waals surface area contributed by atoms with E-state index in [-0.39, 0.29) is 0 Å². The van der Waals surface area contributed by atoms with Crippen molar-refractivity contribution in [2.45, 2.75) is 5.92 Å². The Balaban J connectivity index is 3.82. The molecule has 0 fully saturated rings. The summed E-state index contributed by atoms with van der Waals surface area (Å²) in [5.74, 6) is -4.67. The number of rotatable bonds is 1. The quantitative estimate of drug-likeness (QED) is 0.528. The molecule has 0 saturated heterocycles. The molecule has 2 nitrogen and oxygen atoms in total. The van der Waals surface area contributed by atoms with Crippen LogP contribution in [0.25, 0.3) is 0 Å². The van der Waals surface area contributed by atoms with E-state index < -0.39 is 13.9 Å². The van der Waals surface area contributed by atoms with Crippen LogP contribution < -0.4 is 0 Å². The van der Waals surface area contributed by atoms with Crippen molar-refractivity contribution in [2.24, 2.45) is 0 Å². The van der Waals surface area contributed by atoms with Crippen molar-refractivity contribution in [3.8, 4) is 0 Å². The maximum absolute atomic E-state index is 11.1. The van der Waals surface area contributed by atoms with Gasteiger partial charge in [-0.25, -0.2) is 0 Å². The predicted octanol–water partition coefficient (Wildman–Crippen LogP) is 1.63. The van der Waals surface area contributed by atoms with E-state index in [1.54, 1.807) is 0 Å². The molecule has 0 aliphatic rings. The third-order valence-corrected chi connectivity index (χ3v) is 1.25. The molecule has 6 heteroatoms. The molecule has 0 saturated carbocycles. The van der Waals surface area contributed by atoms with Gasteiger partial charge in [0.15, 0.2) is 0 Å². The van der Waals surface area contributed by atoms with Gasteiger partial charge in [0.25, 0.3) is 8.03 Å². The number of hydrogen-bond donors (Lipinski definition) is 0. The van der Waals surface area contributed by atoms with E-state index in [0.29, 0.717) is 0 Å². The summed E-state index contributed by atoms with van der Waals surface area (Å²) in [6.07, 6.45) is 0. The van der Waals surface area contributed by atoms with Gasteiger partial charge in [-0.05, 0) is 0 Å². The van der Waals surface area contributed by atoms with E-state index in [1.807, 2.05) is 0 Å². The number of alkyl halides is 3. The van der Waals surface area contributed by atoms with Crippen molar-refractivity contribution in [1.29, 1.82) is 0 Å². The normalized spacial score (nSPS) is 16.0. The van der Waals surface area contributed by atoms with Gasteiger partial charge in [-0.3, -0.25) is 4.57 Å². The van der Waals surface area contributed by atoms with Gasteiger partial charge in [0, 0.05) is 7.11 Å². The summed E-state index contributed by atoms with van der Waals surface area (Å²) in [5, 5.41) is 0. The van der Waals surface area contributed by atoms with Gasteiger partial charge in [0.05, 0.1) is 0 Å². The lowest BCUT2D eigenvalue weighted by molar-refractivity contribution is -0.0515. The number of halogens is 3. The van der Waals surface area contributed by atoms with Crippen LogP contribution in [0.15, 0.2) is 0 Å². The van der Waals surface area contributed by atoms with Gasteiger partial charge in [0.2, 0.25) is 0 Å². The number of hydrogen-bond acceptors (Lipinski definition) is 2. The molecule has 0 aromatic heterocycles. The highest BCUT2D eigenvalue weighted by molar-refractivity contribution is 7.40. The Morgan fingerprint density at radius 3 is 1.88 bits per heavy atom. The summed E-state index contributed by atoms with van der Waals surface area (Å²) in [7, 11) is -3.04. The second-order valence-corrected chi connectivity index (χ2v) is 2.54. The van der Waals surface area contributed by atoms with Crippen LogP contribution in [-0.4, -0.2) is 13.0 Å². The molecule has 0 aliphatic heterocycles. The molecule has 0 spiro atoms. The van der Waals surface area contributed by atoms with Gasteiger partial charge in [0.1, 0.15) is 0 Å². The minimum absolute atomic E-state index is 0.759. The molecule has 1 atom stereocenters. The maximum Gasteiger partial charge on any atom is 0.462 e. The van der Waals surface area contributed by atoms with Crippen molar-refractivity contribution in [2.75, 3.05) is 7.11 Å². The van der Waals surface area contributed by atoms with Gasteiger partial charge < -0.3 is 4.52 Å². The molecular formula is C2H4F3O2P. The van der Waals surface area contributed by atoms with E-state index in [2.05, 4.69) is 4.52 Å². The van der Waals surface area contributed by atoms with E-state index in [9.17, 15) is 17.7 Å². The van der Waals surface area contributed by atoms with Crippen molar-refractivity contribution in [1.82, 2.24) is 0 Å². The minimum atomic E-state index is -4.67. The van der Waals surface area contributed by atoms with Crippen LogP contribution >= 0.6 is 8.03 Å². The van der Waals surface area contributed by atoms with Gasteiger partial charge in [-0.15, -0.1) is 0 Å². The Labute approximate surface area is 44.5 Å². The van der Waals surface area contributed by atoms with Gasteiger partial charge >= 0.3 is 5.92 Å². The molecular weight excluding hydrogens is 144 g/mol. The molecule has 1 unspecified atom stereocenters. The highest BCUT2D eigenvalue weighted by Crippen LogP contribution is 2.42. The molecule has 0 aliphatic carbocycles. The van der Waals surface area contributed by atoms with Crippen molar-refractivity contribution >= 4 is 8.03 Å². The first-order valence-corrected chi connectivity index (χ1v) is 2.95. The Bertz CT molecular complexity index is 97.9. The third kappa shape index (κ3) is 2.33. The first-order chi connectivity index (χ1) is 3.48. The Kier molecular flexibility index (Phi) is 2.50. The second-order valence-electron chi connectivity index (χ2n) is 0.989. The zero-order chi connectivity index (χ0) is 6.78. The summed E-state index contributed by atoms with van der Waals surface area (Å²) >= 11 is 0. The topological polar surface area (TPSA) is 26.3 Å². The molecule has 0 radical (unpaired) electrons. The summed E-state index contributed by atoms with van der Waals surface area (Å²) in [5.41, 5.74) is 0. The average Bonchev–Trinajstić information content (AvgIpc) is 1.62. The van der Waals surface area contributed by atoms with Crippen molar-refractivity contribution < 1.29 is 22.3 Å². The van der Waals surface area contributed by atoms with Crippen LogP contribution in [-0.2, 0) is 9.09 Å². The van der Waals surface area contributed by atoms with Crippen LogP contribution in [0, 0.1) is 0 Å². The van der Waals surface area contributed by atoms with Gasteiger partial charge in [-0.1, -0.05) is 0 Å². The fourth-order valence-electron chi connectivity index (χ4n) is 0.116. The van der Waals surface area contributed by atoms with Gasteiger partial charge in [-0.2, -0.15) is 13.2 Å². The summed E-state index contributed by atoms with van der Waals surface area (Å²) in [6, 6.07) is 0. The van der Waals surface area contributed by atoms with Crippen LogP contribution in [0.4, 0.5) is 13.2 Å². The molecule has 0 amide bonds. The minimum Gasteiger partial charge on any atom is -0.328 e. The molecule has 0 rings (SSSR count). The Hall–Kier alpha value is -0.0200. The fraction of sp³-hybridized carbons (Fsp3) is 1.00. The lowest BCUT2D eigenvalue weighted by atomic mass is 11.6. The Morgan fingerprint density at radius 2 is 1.88 bits per heavy atom. The highest BCUT2D eigenvalue weighted by atomic mass is 31.1. The molecule has 0 heterocycles. The summed E-state index contributed by atoms with van der Waals surface area (Å²) in [4.78, 5) is 0. The Morgan fingerprint density at radius 1 is 1.50 bits per heavy atom. The largest absolute Gasteiger partial charge is 0.462 e. The van der Waals surface area contributed by atoms with E-state index in [4.69, 9.17) is 0 Å². The van der Waals surface area contributed by atoms with E-state index in [0.717, 1.165) is 7.11 Å². The first-order valence-electron chi connectivity index (χ1n) is 1.63. The molecule has 0 aromatic rings. The molecule has 8 heavy (non-hydrogen) atoms. The highest BCUT2D eigenvalue weighted by Gasteiger charge is 2.36. The van der Waals surface area contributed by atoms with Crippen LogP contribution in [0.5, 0.6) is 0 Å². The zero-order valence-corrected chi connectivity index (χ0v) is 4.95. The average molecular weight is 148 g/mol. The third-order valence-electron chi connectivity index (χ3n) is 0.417. The van der Waals surface area contributed by atoms with Crippen LogP contribution in [0.1, 0.15) is 0 Å². The molecule has 0 bridgehead atoms. The SMILES string of the molecule is CO[PH](=O)C(F)(F)F. The molecule has 50 valence electrons. The summed E-state index contributed by atoms with van der Waals surface area (Å²) < 4.78 is 46.4. The zero-order valence-electron chi connectivity index (χ0n) is 3.95.